The molecule has 0 aromatic rings. The van der Waals surface area contributed by atoms with Gasteiger partial charge in [0, 0.05) is 0 Å². The second kappa shape index (κ2) is 15.9. The molecule has 0 saturated carbocycles. The predicted molar refractivity (Wildman–Crippen MR) is 104 cm³/mol. The topological polar surface area (TPSA) is 0 Å². The summed E-state index contributed by atoms with van der Waals surface area (Å²) in [6.45, 7) is 0. The van der Waals surface area contributed by atoms with Gasteiger partial charge in [-0.3, -0.25) is 0 Å². The molecule has 0 fully saturated rings. The lowest BCUT2D eigenvalue weighted by Gasteiger charge is -1.93. The smallest absolute Gasteiger partial charge is 0.181 e. The van der Waals surface area contributed by atoms with E-state index in [2.05, 4.69) is 148 Å². The van der Waals surface area contributed by atoms with Gasteiger partial charge >= 0.3 is 17.3 Å². The maximum absolute atomic E-state index is 3.24. The molecule has 0 aliphatic heterocycles. The SMILES string of the molecule is BrC(Br)(Br)Br.[Br][Al]([Br])[Br].[Br][Al]([Br])[Br]. The van der Waals surface area contributed by atoms with E-state index in [0.29, 0.717) is 0 Å². The van der Waals surface area contributed by atoms with Crippen LogP contribution in [0.15, 0.2) is 0 Å². The number of rotatable bonds is 0. The van der Waals surface area contributed by atoms with E-state index >= 15 is 0 Å². The maximum Gasteiger partial charge on any atom is 0.542 e. The normalized spacial score (nSPS) is 8.77. The predicted octanol–water partition coefficient (Wildman–Crippen LogP) is 7.49. The van der Waals surface area contributed by atoms with Gasteiger partial charge in [0.2, 0.25) is 0 Å². The summed E-state index contributed by atoms with van der Waals surface area (Å²) in [6.07, 6.45) is 0. The van der Waals surface area contributed by atoms with Gasteiger partial charge in [0.25, 0.3) is 0 Å². The molecule has 0 saturated heterocycles. The van der Waals surface area contributed by atoms with Crippen LogP contribution in [-0.4, -0.2) is 18.4 Å². The van der Waals surface area contributed by atoms with Crippen molar-refractivity contribution in [2.75, 3.05) is 0 Å². The van der Waals surface area contributed by atoms with Crippen LogP contribution < -0.4 is 0 Å². The quantitative estimate of drug-likeness (QED) is 0.175. The summed E-state index contributed by atoms with van der Waals surface area (Å²) in [5.74, 6) is 0. The van der Waals surface area contributed by atoms with E-state index in [4.69, 9.17) is 0 Å². The Hall–Kier alpha value is 5.86. The van der Waals surface area contributed by atoms with Gasteiger partial charge in [0.05, 0.1) is 0 Å². The van der Waals surface area contributed by atoms with Crippen LogP contribution in [0, 0.1) is 0 Å². The third-order valence-electron chi connectivity index (χ3n) is 0. The number of halogens is 10. The van der Waals surface area contributed by atoms with E-state index in [-0.39, 0.29) is 1.05 Å². The minimum absolute atomic E-state index is 0.250. The third-order valence-corrected chi connectivity index (χ3v) is 0. The van der Waals surface area contributed by atoms with Gasteiger partial charge in [-0.1, -0.05) is 0 Å². The standard InChI is InChI=1S/CBr4.2Al.6BrH/c2-1(3,4)5;;;;;;;;/h;;;6*1H/q;2*+3;;;;;;/p-6. The minimum atomic E-state index is -0.701. The molecule has 13 heavy (non-hydrogen) atoms. The summed E-state index contributed by atoms with van der Waals surface area (Å²) in [5, 5.41) is 0. The number of hydrogen-bond acceptors (Lipinski definition) is 0. The van der Waals surface area contributed by atoms with E-state index in [0.717, 1.165) is 0 Å². The van der Waals surface area contributed by atoms with Crippen molar-refractivity contribution in [2.45, 2.75) is 1.05 Å². The first-order valence-electron chi connectivity index (χ1n) is 2.07. The van der Waals surface area contributed by atoms with E-state index < -0.39 is 17.3 Å². The summed E-state index contributed by atoms with van der Waals surface area (Å²) < 4.78 is -0.250. The molecule has 0 aromatic heterocycles. The monoisotopic (exact) mass is 855 g/mol. The van der Waals surface area contributed by atoms with Gasteiger partial charge in [-0.15, -0.1) is 0 Å². The lowest BCUT2D eigenvalue weighted by molar-refractivity contribution is 2.14. The third kappa shape index (κ3) is 131. The average molecular weight is 865 g/mol. The first kappa shape index (κ1) is 23.9. The van der Waals surface area contributed by atoms with Crippen LogP contribution in [0.3, 0.4) is 0 Å². The van der Waals surface area contributed by atoms with Crippen molar-refractivity contribution in [2.24, 2.45) is 0 Å². The zero-order chi connectivity index (χ0) is 11.7. The first-order chi connectivity index (χ1) is 5.46. The Labute approximate surface area is 162 Å². The fourth-order valence-electron chi connectivity index (χ4n) is 0. The Morgan fingerprint density at radius 3 is 0.538 bits per heavy atom. The minimum Gasteiger partial charge on any atom is -0.181 e. The lowest BCUT2D eigenvalue weighted by atomic mass is 12.0. The van der Waals surface area contributed by atoms with Crippen molar-refractivity contribution in [3.8, 4) is 0 Å². The van der Waals surface area contributed by atoms with E-state index in [9.17, 15) is 0 Å². The maximum atomic E-state index is 3.24. The van der Waals surface area contributed by atoms with Crippen molar-refractivity contribution < 1.29 is 0 Å². The molecule has 0 aliphatic carbocycles. The Kier molecular flexibility index (Phi) is 29.3. The molecule has 12 heteroatoms. The fourth-order valence-corrected chi connectivity index (χ4v) is 0. The number of alkyl halides is 4. The highest BCUT2D eigenvalue weighted by atomic mass is 80.0. The molecule has 0 unspecified atom stereocenters. The van der Waals surface area contributed by atoms with Crippen LogP contribution in [0.2, 0.25) is 0 Å². The van der Waals surface area contributed by atoms with E-state index in [1.54, 1.807) is 0 Å². The van der Waals surface area contributed by atoms with E-state index in [1.165, 1.54) is 0 Å². The Balaban J connectivity index is -0.000000117. The summed E-state index contributed by atoms with van der Waals surface area (Å²) in [4.78, 5) is 0. The van der Waals surface area contributed by atoms with Gasteiger partial charge in [0.1, 0.15) is 0 Å². The van der Waals surface area contributed by atoms with Crippen LogP contribution in [0.1, 0.15) is 0 Å². The first-order valence-corrected chi connectivity index (χ1v) is 24.3. The van der Waals surface area contributed by atoms with Gasteiger partial charge in [-0.25, -0.2) is 0 Å². The van der Waals surface area contributed by atoms with Gasteiger partial charge in [-0.2, -0.15) is 84.3 Å². The van der Waals surface area contributed by atoms with Crippen molar-refractivity contribution in [1.29, 1.82) is 0 Å². The highest BCUT2D eigenvalue weighted by molar-refractivity contribution is 9.70. The molecule has 0 aliphatic rings. The molecule has 0 atom stereocenters. The van der Waals surface area contributed by atoms with Crippen molar-refractivity contribution in [3.63, 3.8) is 0 Å². The van der Waals surface area contributed by atoms with Gasteiger partial charge < -0.3 is 0 Å². The zero-order valence-corrected chi connectivity index (χ0v) is 23.6. The lowest BCUT2D eigenvalue weighted by Crippen LogP contribution is -1.75. The fraction of sp³-hybridized carbons (Fsp3) is 1.00. The van der Waals surface area contributed by atoms with Crippen molar-refractivity contribution in [1.82, 2.24) is 0 Å². The van der Waals surface area contributed by atoms with E-state index in [1.807, 2.05) is 0 Å². The van der Waals surface area contributed by atoms with Crippen LogP contribution in [0.5, 0.6) is 0 Å². The summed E-state index contributed by atoms with van der Waals surface area (Å²) in [5.41, 5.74) is 0. The molecule has 0 spiro atoms. The second-order valence-electron chi connectivity index (χ2n) is 0.923. The number of hydrogen-bond donors (Lipinski definition) is 0. The van der Waals surface area contributed by atoms with Crippen molar-refractivity contribution in [3.05, 3.63) is 0 Å². The molecular weight excluding hydrogens is 865 g/mol. The highest BCUT2D eigenvalue weighted by Crippen LogP contribution is 2.39. The van der Waals surface area contributed by atoms with Crippen LogP contribution >= 0.6 is 148 Å². The molecule has 80 valence electrons. The van der Waals surface area contributed by atoms with Crippen LogP contribution in [0.25, 0.3) is 0 Å². The largest absolute Gasteiger partial charge is 0.542 e. The van der Waals surface area contributed by atoms with Gasteiger partial charge in [-0.05, 0) is 63.7 Å². The molecule has 0 nitrogen and oxygen atoms in total. The second-order valence-corrected chi connectivity index (χ2v) is 51.7. The molecule has 0 bridgehead atoms. The molecule has 0 rings (SSSR count). The Bertz CT molecular complexity index is 67.9. The molecule has 0 radical (unpaired) electrons. The summed E-state index contributed by atoms with van der Waals surface area (Å²) in [7, 11) is -1.40. The average Bonchev–Trinajstić information content (AvgIpc) is 1.50. The van der Waals surface area contributed by atoms with Crippen molar-refractivity contribution >= 4 is 165 Å². The molecule has 0 aromatic carbocycles. The Morgan fingerprint density at radius 2 is 0.538 bits per heavy atom. The molecular formula is CAl2Br10. The van der Waals surface area contributed by atoms with Gasteiger partial charge in [0.15, 0.2) is 1.05 Å². The molecule has 0 N–H and O–H groups in total. The zero-order valence-electron chi connectivity index (χ0n) is 5.43. The van der Waals surface area contributed by atoms with Crippen LogP contribution in [0.4, 0.5) is 0 Å². The summed E-state index contributed by atoms with van der Waals surface area (Å²) >= 11 is 32.0. The highest BCUT2D eigenvalue weighted by Gasteiger charge is 2.08. The molecule has 0 heterocycles. The van der Waals surface area contributed by atoms with Crippen LogP contribution in [-0.2, 0) is 0 Å². The molecule has 0 amide bonds. The summed E-state index contributed by atoms with van der Waals surface area (Å²) in [6, 6.07) is 0. The Morgan fingerprint density at radius 1 is 0.538 bits per heavy atom.